The van der Waals surface area contributed by atoms with Crippen LogP contribution in [0.3, 0.4) is 0 Å². The summed E-state index contributed by atoms with van der Waals surface area (Å²) in [6.45, 7) is 11.2. The first-order valence-corrected chi connectivity index (χ1v) is 20.8. The molecule has 0 fully saturated rings. The second-order valence-electron chi connectivity index (χ2n) is 18.1. The number of aromatic nitrogens is 3. The van der Waals surface area contributed by atoms with Crippen molar-refractivity contribution in [3.63, 3.8) is 0 Å². The van der Waals surface area contributed by atoms with E-state index in [-0.39, 0.29) is 31.9 Å². The number of hydrogen-bond donors (Lipinski definition) is 1. The second kappa shape index (κ2) is 16.1. The molecule has 0 spiro atoms. The van der Waals surface area contributed by atoms with E-state index in [2.05, 4.69) is 137 Å². The van der Waals surface area contributed by atoms with Crippen molar-refractivity contribution < 1.29 is 30.3 Å². The van der Waals surface area contributed by atoms with Crippen molar-refractivity contribution in [3.05, 3.63) is 167 Å². The van der Waals surface area contributed by atoms with E-state index in [4.69, 9.17) is 14.1 Å². The van der Waals surface area contributed by atoms with Gasteiger partial charge in [-0.05, 0) is 107 Å². The molecule has 8 aromatic rings. The summed E-state index contributed by atoms with van der Waals surface area (Å²) in [7, 11) is 0. The van der Waals surface area contributed by atoms with Gasteiger partial charge < -0.3 is 5.11 Å². The van der Waals surface area contributed by atoms with Crippen LogP contribution in [0.5, 0.6) is 5.75 Å². The van der Waals surface area contributed by atoms with Gasteiger partial charge in [0.1, 0.15) is 11.6 Å². The molecule has 0 atom stereocenters. The number of benzene rings is 6. The molecule has 0 aliphatic heterocycles. The first kappa shape index (κ1) is 37.4. The average molecular weight is 969 g/mol. The van der Waals surface area contributed by atoms with Crippen LogP contribution in [0, 0.1) is 12.9 Å². The number of hydrogen-bond acceptors (Lipinski definition) is 3. The van der Waals surface area contributed by atoms with Crippen LogP contribution >= 0.6 is 0 Å². The van der Waals surface area contributed by atoms with Crippen LogP contribution in [-0.2, 0) is 44.7 Å². The van der Waals surface area contributed by atoms with Crippen LogP contribution < -0.4 is 0 Å². The van der Waals surface area contributed by atoms with Crippen LogP contribution in [-0.4, -0.2) is 19.6 Å². The van der Waals surface area contributed by atoms with Crippen LogP contribution in [0.1, 0.15) is 86.3 Å². The Morgan fingerprint density at radius 1 is 0.650 bits per heavy atom. The summed E-state index contributed by atoms with van der Waals surface area (Å²) in [5.74, 6) is 1.00. The number of aromatic hydroxyl groups is 1. The summed E-state index contributed by atoms with van der Waals surface area (Å²) >= 11 is 0. The molecule has 9 rings (SSSR count). The molecule has 4 nitrogen and oxygen atoms in total. The van der Waals surface area contributed by atoms with Crippen LogP contribution in [0.15, 0.2) is 134 Å². The van der Waals surface area contributed by atoms with Crippen LogP contribution in [0.2, 0.25) is 0 Å². The normalized spacial score (nSPS) is 13.9. The zero-order chi connectivity index (χ0) is 43.6. The standard InChI is InChI=1S/C55H52N3O.Pt/c1-35-20-22-36(23-21-35)39-28-29-56-48(33-39)41-30-40(31-43(32-41)55(5,6)7)44-18-13-19-50-51(44)57-53(46-26-24-38-16-11-12-17-45(38)52(46)59)58(50)49-27-25-42(54(2,3)4)34-47(49)37-14-9-8-10-15-37;/h8-10,13-15,18-29,31-34,59H,11-12,16-17H2,1-7H3;/q-1;/i1D3;. The number of imidazole rings is 1. The van der Waals surface area contributed by atoms with E-state index in [1.807, 2.05) is 30.3 Å². The number of aryl methyl sites for hydroxylation is 2. The van der Waals surface area contributed by atoms with Gasteiger partial charge in [-0.1, -0.05) is 143 Å². The number of pyridine rings is 1. The number of nitrogens with zero attached hydrogens (tertiary/aromatic N) is 3. The average Bonchev–Trinajstić information content (AvgIpc) is 3.65. The summed E-state index contributed by atoms with van der Waals surface area (Å²) in [6, 6.07) is 47.1. The van der Waals surface area contributed by atoms with E-state index in [1.165, 1.54) is 11.1 Å². The molecule has 1 N–H and O–H groups in total. The van der Waals surface area contributed by atoms with Gasteiger partial charge in [-0.2, -0.15) is 0 Å². The minimum Gasteiger partial charge on any atom is -0.507 e. The Bertz CT molecular complexity index is 2970. The Hall–Kier alpha value is -5.57. The van der Waals surface area contributed by atoms with Crippen molar-refractivity contribution in [1.82, 2.24) is 14.5 Å². The molecule has 5 heteroatoms. The number of para-hydroxylation sites is 1. The van der Waals surface area contributed by atoms with Gasteiger partial charge in [0.15, 0.2) is 0 Å². The van der Waals surface area contributed by atoms with Gasteiger partial charge in [0.2, 0.25) is 0 Å². The van der Waals surface area contributed by atoms with Crippen LogP contribution in [0.25, 0.3) is 72.7 Å². The maximum Gasteiger partial charge on any atom is 0.148 e. The maximum absolute atomic E-state index is 12.2. The quantitative estimate of drug-likeness (QED) is 0.169. The molecular formula is C55H52N3OPt-. The van der Waals surface area contributed by atoms with E-state index in [0.29, 0.717) is 22.7 Å². The summed E-state index contributed by atoms with van der Waals surface area (Å²) < 4.78 is 25.7. The minimum atomic E-state index is -2.16. The molecule has 2 aromatic heterocycles. The fourth-order valence-electron chi connectivity index (χ4n) is 8.48. The Balaban J connectivity index is 0.00000544. The zero-order valence-electron chi connectivity index (χ0n) is 38.1. The van der Waals surface area contributed by atoms with Gasteiger partial charge >= 0.3 is 0 Å². The molecule has 2 heterocycles. The number of phenols is 1. The topological polar surface area (TPSA) is 50.9 Å². The summed E-state index contributed by atoms with van der Waals surface area (Å²) in [5, 5.41) is 12.2. The number of rotatable bonds is 6. The Kier molecular flexibility index (Phi) is 10.1. The fraction of sp³-hybridized carbons (Fsp3) is 0.236. The molecule has 0 amide bonds. The third-order valence-corrected chi connectivity index (χ3v) is 11.9. The van der Waals surface area contributed by atoms with E-state index in [0.717, 1.165) is 98.2 Å². The molecule has 0 saturated carbocycles. The third kappa shape index (κ3) is 7.79. The molecule has 0 radical (unpaired) electrons. The van der Waals surface area contributed by atoms with Gasteiger partial charge in [-0.15, -0.1) is 29.3 Å². The Labute approximate surface area is 373 Å². The van der Waals surface area contributed by atoms with Crippen molar-refractivity contribution in [3.8, 4) is 67.5 Å². The molecule has 1 aliphatic carbocycles. The largest absolute Gasteiger partial charge is 0.507 e. The molecule has 0 saturated heterocycles. The molecular weight excluding hydrogens is 914 g/mol. The van der Waals surface area contributed by atoms with E-state index < -0.39 is 6.85 Å². The predicted octanol–water partition coefficient (Wildman–Crippen LogP) is 14.0. The Morgan fingerprint density at radius 3 is 2.15 bits per heavy atom. The van der Waals surface area contributed by atoms with Gasteiger partial charge in [-0.3, -0.25) is 9.55 Å². The summed E-state index contributed by atoms with van der Waals surface area (Å²) in [4.78, 5) is 10.4. The van der Waals surface area contributed by atoms with Crippen molar-refractivity contribution in [2.75, 3.05) is 0 Å². The van der Waals surface area contributed by atoms with E-state index in [9.17, 15) is 5.11 Å². The van der Waals surface area contributed by atoms with Gasteiger partial charge in [0.05, 0.1) is 22.3 Å². The third-order valence-electron chi connectivity index (χ3n) is 11.9. The van der Waals surface area contributed by atoms with Crippen molar-refractivity contribution in [1.29, 1.82) is 0 Å². The van der Waals surface area contributed by atoms with Gasteiger partial charge in [-0.25, -0.2) is 4.98 Å². The number of phenolic OH excluding ortho intramolecular Hbond substituents is 1. The second-order valence-corrected chi connectivity index (χ2v) is 18.1. The smallest absolute Gasteiger partial charge is 0.148 e. The van der Waals surface area contributed by atoms with E-state index >= 15 is 0 Å². The van der Waals surface area contributed by atoms with E-state index in [1.54, 1.807) is 18.3 Å². The van der Waals surface area contributed by atoms with Crippen molar-refractivity contribution >= 4 is 11.0 Å². The molecule has 0 unspecified atom stereocenters. The van der Waals surface area contributed by atoms with Gasteiger partial charge in [0, 0.05) is 42.6 Å². The van der Waals surface area contributed by atoms with Crippen molar-refractivity contribution in [2.24, 2.45) is 0 Å². The SMILES string of the molecule is [2H]C([2H])([2H])c1ccc(-c2ccnc(-c3[c-]c(-c4cccc5c4nc(-c4ccc6c(c4O)CCCC6)n5-c4ccc(C(C)(C)C)cc4-c4ccccc4)cc(C(C)(C)C)c3)c2)cc1.[Pt]. The predicted molar refractivity (Wildman–Crippen MR) is 245 cm³/mol. The van der Waals surface area contributed by atoms with Gasteiger partial charge in [0.25, 0.3) is 0 Å². The molecule has 304 valence electrons. The summed E-state index contributed by atoms with van der Waals surface area (Å²) in [6.07, 6.45) is 5.78. The minimum absolute atomic E-state index is 0. The maximum atomic E-state index is 12.2. The number of fused-ring (bicyclic) bond motifs is 2. The molecule has 60 heavy (non-hydrogen) atoms. The molecule has 1 aliphatic rings. The molecule has 0 bridgehead atoms. The zero-order valence-corrected chi connectivity index (χ0v) is 37.4. The van der Waals surface area contributed by atoms with Crippen molar-refractivity contribution in [2.45, 2.75) is 84.9 Å². The Morgan fingerprint density at radius 2 is 1.40 bits per heavy atom. The fourth-order valence-corrected chi connectivity index (χ4v) is 8.48. The molecule has 6 aromatic carbocycles. The summed E-state index contributed by atoms with van der Waals surface area (Å²) in [5.41, 5.74) is 15.5. The monoisotopic (exact) mass is 968 g/mol. The first-order valence-electron chi connectivity index (χ1n) is 22.3. The van der Waals surface area contributed by atoms with Crippen LogP contribution in [0.4, 0.5) is 0 Å². The first-order chi connectivity index (χ1) is 29.5.